The van der Waals surface area contributed by atoms with Crippen molar-refractivity contribution >= 4 is 11.9 Å². The van der Waals surface area contributed by atoms with E-state index in [-0.39, 0.29) is 24.3 Å². The lowest BCUT2D eigenvalue weighted by molar-refractivity contribution is -0.137. The third-order valence-electron chi connectivity index (χ3n) is 3.54. The first kappa shape index (κ1) is 16.0. The third kappa shape index (κ3) is 6.57. The second-order valence-electron chi connectivity index (χ2n) is 6.04. The predicted molar refractivity (Wildman–Crippen MR) is 73.5 cm³/mol. The molecule has 2 atom stereocenters. The fourth-order valence-corrected chi connectivity index (χ4v) is 2.48. The molecule has 1 aliphatic carbocycles. The Balaban J connectivity index is 2.40. The molecule has 0 bridgehead atoms. The molecule has 0 heterocycles. The second kappa shape index (κ2) is 7.48. The molecule has 1 amide bonds. The van der Waals surface area contributed by atoms with E-state index in [9.17, 15) is 9.59 Å². The normalized spacial score (nSPS) is 18.1. The number of carboxylic acid groups (broad SMARTS) is 1. The molecule has 0 radical (unpaired) electrons. The first-order valence-electron chi connectivity index (χ1n) is 7.13. The Hall–Kier alpha value is -1.10. The summed E-state index contributed by atoms with van der Waals surface area (Å²) in [7, 11) is 0. The molecule has 0 aromatic rings. The smallest absolute Gasteiger partial charge is 0.305 e. The lowest BCUT2D eigenvalue weighted by atomic mass is 9.93. The van der Waals surface area contributed by atoms with Crippen molar-refractivity contribution in [3.8, 4) is 0 Å². The summed E-state index contributed by atoms with van der Waals surface area (Å²) in [6.07, 6.45) is 3.39. The first-order chi connectivity index (χ1) is 8.92. The van der Waals surface area contributed by atoms with Crippen LogP contribution in [0, 0.1) is 17.8 Å². The van der Waals surface area contributed by atoms with E-state index >= 15 is 0 Å². The molecular weight excluding hydrogens is 244 g/mol. The maximum atomic E-state index is 12.0. The van der Waals surface area contributed by atoms with Gasteiger partial charge in [0.25, 0.3) is 0 Å². The van der Waals surface area contributed by atoms with Gasteiger partial charge in [-0.05, 0) is 43.6 Å². The number of hydrogen-bond acceptors (Lipinski definition) is 3. The topological polar surface area (TPSA) is 92.4 Å². The van der Waals surface area contributed by atoms with Gasteiger partial charge in [-0.1, -0.05) is 13.8 Å². The Bertz CT molecular complexity index is 314. The van der Waals surface area contributed by atoms with Crippen molar-refractivity contribution in [1.82, 2.24) is 5.32 Å². The number of aliphatic carboxylic acids is 1. The van der Waals surface area contributed by atoms with E-state index in [2.05, 4.69) is 19.2 Å². The molecule has 5 heteroatoms. The van der Waals surface area contributed by atoms with E-state index in [4.69, 9.17) is 10.8 Å². The van der Waals surface area contributed by atoms with Gasteiger partial charge in [-0.2, -0.15) is 0 Å². The molecule has 19 heavy (non-hydrogen) atoms. The van der Waals surface area contributed by atoms with Crippen LogP contribution >= 0.6 is 0 Å². The van der Waals surface area contributed by atoms with Gasteiger partial charge in [0.2, 0.25) is 5.91 Å². The van der Waals surface area contributed by atoms with Gasteiger partial charge >= 0.3 is 5.97 Å². The van der Waals surface area contributed by atoms with Gasteiger partial charge in [0.1, 0.15) is 0 Å². The molecule has 0 aromatic carbocycles. The van der Waals surface area contributed by atoms with Crippen molar-refractivity contribution in [2.45, 2.75) is 52.0 Å². The van der Waals surface area contributed by atoms with Gasteiger partial charge in [-0.25, -0.2) is 0 Å². The van der Waals surface area contributed by atoms with E-state index < -0.39 is 5.97 Å². The minimum Gasteiger partial charge on any atom is -0.481 e. The Morgan fingerprint density at radius 3 is 2.37 bits per heavy atom. The number of hydrogen-bond donors (Lipinski definition) is 3. The summed E-state index contributed by atoms with van der Waals surface area (Å²) in [6.45, 7) is 4.72. The van der Waals surface area contributed by atoms with E-state index in [1.807, 2.05) is 0 Å². The molecule has 1 fully saturated rings. The fraction of sp³-hybridized carbons (Fsp3) is 0.857. The molecule has 1 unspecified atom stereocenters. The number of rotatable bonds is 9. The Morgan fingerprint density at radius 1 is 1.32 bits per heavy atom. The van der Waals surface area contributed by atoms with Crippen LogP contribution < -0.4 is 11.1 Å². The molecular formula is C14H26N2O3. The summed E-state index contributed by atoms with van der Waals surface area (Å²) in [5.74, 6) is 0.134. The van der Waals surface area contributed by atoms with Crippen molar-refractivity contribution in [2.24, 2.45) is 23.5 Å². The van der Waals surface area contributed by atoms with Crippen molar-refractivity contribution in [1.29, 1.82) is 0 Å². The van der Waals surface area contributed by atoms with Crippen molar-refractivity contribution in [2.75, 3.05) is 6.54 Å². The monoisotopic (exact) mass is 270 g/mol. The minimum absolute atomic E-state index is 0.0217. The zero-order valence-corrected chi connectivity index (χ0v) is 11.9. The molecule has 0 aliphatic heterocycles. The summed E-state index contributed by atoms with van der Waals surface area (Å²) < 4.78 is 0. The summed E-state index contributed by atoms with van der Waals surface area (Å²) in [5, 5.41) is 11.7. The summed E-state index contributed by atoms with van der Waals surface area (Å²) in [6, 6.07) is -0.206. The predicted octanol–water partition coefficient (Wildman–Crippen LogP) is 1.37. The van der Waals surface area contributed by atoms with Crippen LogP contribution in [0.25, 0.3) is 0 Å². The number of carboxylic acids is 1. The molecule has 4 N–H and O–H groups in total. The van der Waals surface area contributed by atoms with E-state index in [1.165, 1.54) is 0 Å². The average molecular weight is 270 g/mol. The lowest BCUT2D eigenvalue weighted by Crippen LogP contribution is -2.39. The van der Waals surface area contributed by atoms with Gasteiger partial charge < -0.3 is 16.2 Å². The minimum atomic E-state index is -0.852. The Labute approximate surface area is 114 Å². The number of nitrogens with two attached hydrogens (primary N) is 1. The number of nitrogens with one attached hydrogen (secondary N) is 1. The first-order valence-corrected chi connectivity index (χ1v) is 7.13. The highest BCUT2D eigenvalue weighted by Gasteiger charge is 2.33. The van der Waals surface area contributed by atoms with Gasteiger partial charge in [0, 0.05) is 12.5 Å². The van der Waals surface area contributed by atoms with Gasteiger partial charge in [-0.15, -0.1) is 0 Å². The molecule has 1 saturated carbocycles. The highest BCUT2D eigenvalue weighted by molar-refractivity contribution is 5.77. The molecule has 5 nitrogen and oxygen atoms in total. The zero-order chi connectivity index (χ0) is 14.4. The maximum Gasteiger partial charge on any atom is 0.305 e. The third-order valence-corrected chi connectivity index (χ3v) is 3.54. The summed E-state index contributed by atoms with van der Waals surface area (Å²) in [5.41, 5.74) is 5.68. The molecule has 1 rings (SSSR count). The largest absolute Gasteiger partial charge is 0.481 e. The standard InChI is InChI=1S/C14H26N2O3/c1-9(2)5-10(8-15)6-13(17)16-12(7-14(18)19)11-3-4-11/h9-12H,3-8,15H2,1-2H3,(H,16,17)(H,18,19)/t10-,12?/m0/s1. The average Bonchev–Trinajstić information content (AvgIpc) is 3.09. The second-order valence-corrected chi connectivity index (χ2v) is 6.04. The summed E-state index contributed by atoms with van der Waals surface area (Å²) in [4.78, 5) is 22.7. The Kier molecular flexibility index (Phi) is 6.28. The van der Waals surface area contributed by atoms with Crippen molar-refractivity contribution < 1.29 is 14.7 Å². The molecule has 0 saturated heterocycles. The lowest BCUT2D eigenvalue weighted by Gasteiger charge is -2.20. The zero-order valence-electron chi connectivity index (χ0n) is 11.9. The van der Waals surface area contributed by atoms with Gasteiger partial charge in [0.15, 0.2) is 0 Å². The van der Waals surface area contributed by atoms with Crippen LogP contribution in [0.1, 0.15) is 46.0 Å². The molecule has 1 aliphatic rings. The van der Waals surface area contributed by atoms with Crippen LogP contribution in [0.3, 0.4) is 0 Å². The fourth-order valence-electron chi connectivity index (χ4n) is 2.48. The van der Waals surface area contributed by atoms with Crippen LogP contribution in [0.15, 0.2) is 0 Å². The van der Waals surface area contributed by atoms with Crippen molar-refractivity contribution in [3.05, 3.63) is 0 Å². The summed E-state index contributed by atoms with van der Waals surface area (Å²) >= 11 is 0. The van der Waals surface area contributed by atoms with E-state index in [0.717, 1.165) is 19.3 Å². The van der Waals surface area contributed by atoms with E-state index in [1.54, 1.807) is 0 Å². The number of carbonyl (C=O) groups excluding carboxylic acids is 1. The van der Waals surface area contributed by atoms with Crippen LogP contribution in [0.5, 0.6) is 0 Å². The molecule has 0 spiro atoms. The highest BCUT2D eigenvalue weighted by Crippen LogP contribution is 2.34. The highest BCUT2D eigenvalue weighted by atomic mass is 16.4. The Morgan fingerprint density at radius 2 is 1.95 bits per heavy atom. The van der Waals surface area contributed by atoms with Crippen molar-refractivity contribution in [3.63, 3.8) is 0 Å². The number of amides is 1. The quantitative estimate of drug-likeness (QED) is 0.590. The molecule has 0 aromatic heterocycles. The van der Waals surface area contributed by atoms with Gasteiger partial charge in [0.05, 0.1) is 6.42 Å². The van der Waals surface area contributed by atoms with Crippen LogP contribution in [-0.4, -0.2) is 29.6 Å². The number of carbonyl (C=O) groups is 2. The van der Waals surface area contributed by atoms with Crippen LogP contribution in [-0.2, 0) is 9.59 Å². The SMILES string of the molecule is CC(C)C[C@H](CN)CC(=O)NC(CC(=O)O)C1CC1. The molecule has 110 valence electrons. The maximum absolute atomic E-state index is 12.0. The van der Waals surface area contributed by atoms with E-state index in [0.29, 0.717) is 24.8 Å². The van der Waals surface area contributed by atoms with Crippen LogP contribution in [0.2, 0.25) is 0 Å². The van der Waals surface area contributed by atoms with Gasteiger partial charge in [-0.3, -0.25) is 9.59 Å². The van der Waals surface area contributed by atoms with Crippen LogP contribution in [0.4, 0.5) is 0 Å².